The molecule has 1 fully saturated rings. The number of carbonyl (C=O) groups excluding carboxylic acids is 1. The molecule has 2 aromatic rings. The second-order valence-corrected chi connectivity index (χ2v) is 7.33. The number of amides is 1. The summed E-state index contributed by atoms with van der Waals surface area (Å²) in [7, 11) is 0. The van der Waals surface area contributed by atoms with Crippen LogP contribution in [0.25, 0.3) is 0 Å². The molecule has 0 aliphatic carbocycles. The van der Waals surface area contributed by atoms with Crippen LogP contribution in [0.15, 0.2) is 48.5 Å². The lowest BCUT2D eigenvalue weighted by Gasteiger charge is -2.32. The van der Waals surface area contributed by atoms with E-state index in [2.05, 4.69) is 12.2 Å². The highest BCUT2D eigenvalue weighted by Crippen LogP contribution is 2.25. The Kier molecular flexibility index (Phi) is 9.10. The van der Waals surface area contributed by atoms with E-state index in [4.69, 9.17) is 16.3 Å². The van der Waals surface area contributed by atoms with Crippen LogP contribution in [0.3, 0.4) is 0 Å². The maximum Gasteiger partial charge on any atom is 0.257 e. The first-order chi connectivity index (χ1) is 13.2. The number of nitrogens with zero attached hydrogens (tertiary/aromatic N) is 1. The van der Waals surface area contributed by atoms with E-state index in [1.54, 1.807) is 0 Å². The maximum absolute atomic E-state index is 13.0. The zero-order chi connectivity index (χ0) is 19.1. The van der Waals surface area contributed by atoms with Gasteiger partial charge >= 0.3 is 0 Å². The Morgan fingerprint density at radius 3 is 2.54 bits per heavy atom. The van der Waals surface area contributed by atoms with Gasteiger partial charge in [-0.3, -0.25) is 4.79 Å². The molecule has 152 valence electrons. The van der Waals surface area contributed by atoms with Crippen molar-refractivity contribution in [3.63, 3.8) is 0 Å². The van der Waals surface area contributed by atoms with Crippen molar-refractivity contribution in [1.82, 2.24) is 10.2 Å². The Balaban J connectivity index is 0.00000280. The van der Waals surface area contributed by atoms with Crippen LogP contribution in [0.5, 0.6) is 5.75 Å². The van der Waals surface area contributed by atoms with E-state index in [1.807, 2.05) is 53.4 Å². The van der Waals surface area contributed by atoms with Crippen molar-refractivity contribution < 1.29 is 9.53 Å². The van der Waals surface area contributed by atoms with Gasteiger partial charge in [0.2, 0.25) is 0 Å². The van der Waals surface area contributed by atoms with Gasteiger partial charge in [-0.2, -0.15) is 0 Å². The van der Waals surface area contributed by atoms with Crippen LogP contribution in [0.4, 0.5) is 0 Å². The third-order valence-corrected chi connectivity index (χ3v) is 5.41. The molecule has 1 amide bonds. The zero-order valence-electron chi connectivity index (χ0n) is 16.2. The predicted octanol–water partition coefficient (Wildman–Crippen LogP) is 4.80. The number of para-hydroxylation sites is 1. The van der Waals surface area contributed by atoms with Crippen molar-refractivity contribution in [3.8, 4) is 5.75 Å². The normalized spacial score (nSPS) is 14.4. The molecular formula is C22H28Cl2N2O2. The molecular weight excluding hydrogens is 395 g/mol. The topological polar surface area (TPSA) is 41.6 Å². The molecule has 0 unspecified atom stereocenters. The number of rotatable bonds is 7. The maximum atomic E-state index is 13.0. The monoisotopic (exact) mass is 422 g/mol. The first-order valence-corrected chi connectivity index (χ1v) is 10.0. The second kappa shape index (κ2) is 11.3. The SMILES string of the molecule is CCNCC1CCN(C(=O)c2ccccc2OCc2ccccc2Cl)CC1.Cl. The molecule has 0 atom stereocenters. The molecule has 0 spiro atoms. The third-order valence-electron chi connectivity index (χ3n) is 5.04. The summed E-state index contributed by atoms with van der Waals surface area (Å²) in [5.74, 6) is 1.31. The van der Waals surface area contributed by atoms with Gasteiger partial charge in [-0.15, -0.1) is 12.4 Å². The van der Waals surface area contributed by atoms with Gasteiger partial charge in [-0.05, 0) is 50.0 Å². The molecule has 0 radical (unpaired) electrons. The number of hydrogen-bond acceptors (Lipinski definition) is 3. The van der Waals surface area contributed by atoms with Gasteiger partial charge in [-0.1, -0.05) is 48.9 Å². The Labute approximate surface area is 178 Å². The van der Waals surface area contributed by atoms with Crippen molar-refractivity contribution in [2.45, 2.75) is 26.4 Å². The molecule has 0 aromatic heterocycles. The number of halogens is 2. The van der Waals surface area contributed by atoms with Crippen LogP contribution in [0.2, 0.25) is 5.02 Å². The highest BCUT2D eigenvalue weighted by atomic mass is 35.5. The van der Waals surface area contributed by atoms with Crippen LogP contribution < -0.4 is 10.1 Å². The van der Waals surface area contributed by atoms with Gasteiger partial charge in [0.25, 0.3) is 5.91 Å². The average molecular weight is 423 g/mol. The number of likely N-dealkylation sites (tertiary alicyclic amines) is 1. The van der Waals surface area contributed by atoms with E-state index in [-0.39, 0.29) is 18.3 Å². The Morgan fingerprint density at radius 2 is 1.82 bits per heavy atom. The number of nitrogens with one attached hydrogen (secondary N) is 1. The molecule has 1 saturated heterocycles. The third kappa shape index (κ3) is 5.87. The molecule has 0 saturated carbocycles. The van der Waals surface area contributed by atoms with Crippen molar-refractivity contribution in [2.24, 2.45) is 5.92 Å². The molecule has 2 aromatic carbocycles. The summed E-state index contributed by atoms with van der Waals surface area (Å²) in [6, 6.07) is 15.1. The van der Waals surface area contributed by atoms with Gasteiger partial charge in [0, 0.05) is 23.7 Å². The fraction of sp³-hybridized carbons (Fsp3) is 0.409. The molecule has 1 heterocycles. The number of ether oxygens (including phenoxy) is 1. The van der Waals surface area contributed by atoms with E-state index in [1.165, 1.54) is 0 Å². The lowest BCUT2D eigenvalue weighted by molar-refractivity contribution is 0.0685. The molecule has 28 heavy (non-hydrogen) atoms. The summed E-state index contributed by atoms with van der Waals surface area (Å²) in [6.07, 6.45) is 2.09. The smallest absolute Gasteiger partial charge is 0.257 e. The van der Waals surface area contributed by atoms with E-state index in [0.29, 0.717) is 28.9 Å². The van der Waals surface area contributed by atoms with Crippen LogP contribution in [-0.2, 0) is 6.61 Å². The lowest BCUT2D eigenvalue weighted by Crippen LogP contribution is -2.40. The Hall–Kier alpha value is -1.75. The van der Waals surface area contributed by atoms with Crippen LogP contribution in [-0.4, -0.2) is 37.0 Å². The van der Waals surface area contributed by atoms with Crippen LogP contribution in [0.1, 0.15) is 35.7 Å². The summed E-state index contributed by atoms with van der Waals surface area (Å²) in [6.45, 7) is 6.10. The van der Waals surface area contributed by atoms with E-state index >= 15 is 0 Å². The minimum atomic E-state index is 0. The standard InChI is InChI=1S/C22H27ClN2O2.ClH/c1-2-24-15-17-11-13-25(14-12-17)22(26)19-8-4-6-10-21(19)27-16-18-7-3-5-9-20(18)23;/h3-10,17,24H,2,11-16H2,1H3;1H. The number of benzene rings is 2. The molecule has 3 rings (SSSR count). The first kappa shape index (κ1) is 22.5. The largest absolute Gasteiger partial charge is 0.488 e. The number of piperidine rings is 1. The Bertz CT molecular complexity index is 762. The lowest BCUT2D eigenvalue weighted by atomic mass is 9.96. The van der Waals surface area contributed by atoms with Gasteiger partial charge in [0.15, 0.2) is 0 Å². The van der Waals surface area contributed by atoms with Gasteiger partial charge in [0.1, 0.15) is 12.4 Å². The van der Waals surface area contributed by atoms with E-state index in [9.17, 15) is 4.79 Å². The summed E-state index contributed by atoms with van der Waals surface area (Å²) in [5, 5.41) is 4.08. The van der Waals surface area contributed by atoms with Crippen LogP contribution >= 0.6 is 24.0 Å². The summed E-state index contributed by atoms with van der Waals surface area (Å²) >= 11 is 6.20. The van der Waals surface area contributed by atoms with Gasteiger partial charge in [-0.25, -0.2) is 0 Å². The fourth-order valence-corrected chi connectivity index (χ4v) is 3.59. The Morgan fingerprint density at radius 1 is 1.14 bits per heavy atom. The summed E-state index contributed by atoms with van der Waals surface area (Å²) in [4.78, 5) is 15.0. The van der Waals surface area contributed by atoms with Crippen molar-refractivity contribution in [1.29, 1.82) is 0 Å². The molecule has 1 N–H and O–H groups in total. The highest BCUT2D eigenvalue weighted by molar-refractivity contribution is 6.31. The van der Waals surface area contributed by atoms with Crippen molar-refractivity contribution in [2.75, 3.05) is 26.2 Å². The fourth-order valence-electron chi connectivity index (χ4n) is 3.40. The molecule has 0 bridgehead atoms. The average Bonchev–Trinajstić information content (AvgIpc) is 2.72. The molecule has 1 aliphatic rings. The van der Waals surface area contributed by atoms with Crippen LogP contribution in [0, 0.1) is 5.92 Å². The molecule has 4 nitrogen and oxygen atoms in total. The second-order valence-electron chi connectivity index (χ2n) is 6.92. The molecule has 6 heteroatoms. The quantitative estimate of drug-likeness (QED) is 0.696. The molecule has 1 aliphatic heterocycles. The van der Waals surface area contributed by atoms with Crippen molar-refractivity contribution >= 4 is 29.9 Å². The highest BCUT2D eigenvalue weighted by Gasteiger charge is 2.25. The number of carbonyl (C=O) groups is 1. The predicted molar refractivity (Wildman–Crippen MR) is 117 cm³/mol. The van der Waals surface area contributed by atoms with Gasteiger partial charge in [0.05, 0.1) is 5.56 Å². The summed E-state index contributed by atoms with van der Waals surface area (Å²) < 4.78 is 5.95. The van der Waals surface area contributed by atoms with E-state index < -0.39 is 0 Å². The van der Waals surface area contributed by atoms with E-state index in [0.717, 1.165) is 44.6 Å². The minimum absolute atomic E-state index is 0. The van der Waals surface area contributed by atoms with Gasteiger partial charge < -0.3 is 15.0 Å². The minimum Gasteiger partial charge on any atom is -0.488 e. The van der Waals surface area contributed by atoms with Crippen molar-refractivity contribution in [3.05, 3.63) is 64.7 Å². The zero-order valence-corrected chi connectivity index (χ0v) is 17.8. The number of hydrogen-bond donors (Lipinski definition) is 1. The first-order valence-electron chi connectivity index (χ1n) is 9.64. The summed E-state index contributed by atoms with van der Waals surface area (Å²) in [5.41, 5.74) is 1.53.